The molecule has 1 aliphatic rings. The monoisotopic (exact) mass is 304 g/mol. The van der Waals surface area contributed by atoms with Crippen LogP contribution in [-0.4, -0.2) is 18.5 Å². The van der Waals surface area contributed by atoms with E-state index in [1.165, 1.54) is 6.07 Å². The normalized spacial score (nSPS) is 20.3. The molecule has 0 spiro atoms. The van der Waals surface area contributed by atoms with E-state index in [1.54, 1.807) is 6.92 Å². The van der Waals surface area contributed by atoms with Crippen molar-refractivity contribution in [3.05, 3.63) is 35.1 Å². The number of benzene rings is 1. The molecule has 7 heteroatoms. The highest BCUT2D eigenvalue weighted by Crippen LogP contribution is 2.33. The molecule has 2 atom stereocenters. The molecule has 1 saturated heterocycles. The highest BCUT2D eigenvalue weighted by Gasteiger charge is 2.34. The largest absolute Gasteiger partial charge is 0.419 e. The lowest BCUT2D eigenvalue weighted by Crippen LogP contribution is -2.41. The number of halogens is 4. The Morgan fingerprint density at radius 1 is 1.43 bits per heavy atom. The highest BCUT2D eigenvalue weighted by atomic mass is 19.4. The fraction of sp³-hybridized carbons (Fsp3) is 0.500. The standard InChI is InChI=1S/C14H16F4N2O/c1-8(20-13(21)12-3-2-6-19-12)9-4-5-11(15)10(7-9)14(16,17)18/h4-5,7-8,12,19H,2-3,6H2,1H3,(H,20,21)/t8-,12+/m1/s1. The molecule has 3 nitrogen and oxygen atoms in total. The molecule has 1 aromatic rings. The van der Waals surface area contributed by atoms with Crippen LogP contribution in [-0.2, 0) is 11.0 Å². The molecule has 116 valence electrons. The van der Waals surface area contributed by atoms with Crippen LogP contribution in [0.1, 0.15) is 36.9 Å². The molecule has 0 aliphatic carbocycles. The van der Waals surface area contributed by atoms with Crippen LogP contribution >= 0.6 is 0 Å². The smallest absolute Gasteiger partial charge is 0.348 e. The van der Waals surface area contributed by atoms with Gasteiger partial charge in [0, 0.05) is 0 Å². The first-order valence-corrected chi connectivity index (χ1v) is 6.69. The van der Waals surface area contributed by atoms with E-state index in [1.807, 2.05) is 0 Å². The minimum absolute atomic E-state index is 0.218. The van der Waals surface area contributed by atoms with Crippen molar-refractivity contribution in [2.45, 2.75) is 38.0 Å². The van der Waals surface area contributed by atoms with Gasteiger partial charge in [0.2, 0.25) is 5.91 Å². The lowest BCUT2D eigenvalue weighted by atomic mass is 10.0. The lowest BCUT2D eigenvalue weighted by molar-refractivity contribution is -0.140. The molecular weight excluding hydrogens is 288 g/mol. The number of nitrogens with one attached hydrogen (secondary N) is 2. The minimum atomic E-state index is -4.75. The van der Waals surface area contributed by atoms with Crippen LogP contribution in [0.3, 0.4) is 0 Å². The first-order chi connectivity index (χ1) is 9.79. The summed E-state index contributed by atoms with van der Waals surface area (Å²) in [4.78, 5) is 11.9. The lowest BCUT2D eigenvalue weighted by Gasteiger charge is -2.19. The zero-order valence-corrected chi connectivity index (χ0v) is 11.4. The second-order valence-electron chi connectivity index (χ2n) is 5.12. The SMILES string of the molecule is C[C@@H](NC(=O)[C@@H]1CCCN1)c1ccc(F)c(C(F)(F)F)c1. The molecule has 0 aromatic heterocycles. The van der Waals surface area contributed by atoms with E-state index in [0.717, 1.165) is 25.1 Å². The van der Waals surface area contributed by atoms with Crippen molar-refractivity contribution in [3.63, 3.8) is 0 Å². The van der Waals surface area contributed by atoms with Gasteiger partial charge >= 0.3 is 6.18 Å². The van der Waals surface area contributed by atoms with Gasteiger partial charge in [0.25, 0.3) is 0 Å². The Kier molecular flexibility index (Phi) is 4.51. The Labute approximate surface area is 119 Å². The third-order valence-corrected chi connectivity index (χ3v) is 3.53. The molecule has 1 aromatic carbocycles. The Morgan fingerprint density at radius 3 is 2.71 bits per heavy atom. The molecule has 1 heterocycles. The molecular formula is C14H16F4N2O. The number of amides is 1. The summed E-state index contributed by atoms with van der Waals surface area (Å²) in [6, 6.07) is 1.82. The van der Waals surface area contributed by atoms with E-state index in [2.05, 4.69) is 10.6 Å². The van der Waals surface area contributed by atoms with Crippen molar-refractivity contribution in [1.82, 2.24) is 10.6 Å². The van der Waals surface area contributed by atoms with E-state index in [9.17, 15) is 22.4 Å². The summed E-state index contributed by atoms with van der Waals surface area (Å²) in [5, 5.41) is 5.65. The van der Waals surface area contributed by atoms with E-state index < -0.39 is 23.6 Å². The maximum absolute atomic E-state index is 13.2. The van der Waals surface area contributed by atoms with Crippen LogP contribution in [0.2, 0.25) is 0 Å². The van der Waals surface area contributed by atoms with E-state index in [-0.39, 0.29) is 17.5 Å². The van der Waals surface area contributed by atoms with Gasteiger partial charge in [0.05, 0.1) is 17.6 Å². The van der Waals surface area contributed by atoms with E-state index >= 15 is 0 Å². The minimum Gasteiger partial charge on any atom is -0.348 e. The molecule has 1 amide bonds. The molecule has 0 unspecified atom stereocenters. The van der Waals surface area contributed by atoms with Gasteiger partial charge in [-0.2, -0.15) is 13.2 Å². The highest BCUT2D eigenvalue weighted by molar-refractivity contribution is 5.82. The van der Waals surface area contributed by atoms with E-state index in [0.29, 0.717) is 6.42 Å². The van der Waals surface area contributed by atoms with Crippen LogP contribution in [0.5, 0.6) is 0 Å². The van der Waals surface area contributed by atoms with Crippen LogP contribution in [0, 0.1) is 5.82 Å². The summed E-state index contributed by atoms with van der Waals surface area (Å²) in [6.07, 6.45) is -3.16. The van der Waals surface area contributed by atoms with Crippen LogP contribution in [0.15, 0.2) is 18.2 Å². The average Bonchev–Trinajstić information content (AvgIpc) is 2.91. The zero-order valence-electron chi connectivity index (χ0n) is 11.4. The Bertz CT molecular complexity index is 524. The van der Waals surface area contributed by atoms with Gasteiger partial charge in [-0.25, -0.2) is 4.39 Å². The molecule has 2 N–H and O–H groups in total. The number of carbonyl (C=O) groups excluding carboxylic acids is 1. The molecule has 0 bridgehead atoms. The summed E-state index contributed by atoms with van der Waals surface area (Å²) in [7, 11) is 0. The van der Waals surface area contributed by atoms with Crippen molar-refractivity contribution in [2.75, 3.05) is 6.54 Å². The van der Waals surface area contributed by atoms with Gasteiger partial charge in [0.1, 0.15) is 5.82 Å². The maximum Gasteiger partial charge on any atom is 0.419 e. The number of alkyl halides is 3. The summed E-state index contributed by atoms with van der Waals surface area (Å²) in [5.74, 6) is -1.57. The maximum atomic E-state index is 13.2. The Hall–Kier alpha value is -1.63. The molecule has 0 radical (unpaired) electrons. The predicted octanol–water partition coefficient (Wildman–Crippen LogP) is 2.77. The van der Waals surface area contributed by atoms with Gasteiger partial charge < -0.3 is 10.6 Å². The van der Waals surface area contributed by atoms with Crippen molar-refractivity contribution >= 4 is 5.91 Å². The van der Waals surface area contributed by atoms with Crippen molar-refractivity contribution in [2.24, 2.45) is 0 Å². The van der Waals surface area contributed by atoms with Gasteiger partial charge in [-0.15, -0.1) is 0 Å². The summed E-state index contributed by atoms with van der Waals surface area (Å²) >= 11 is 0. The van der Waals surface area contributed by atoms with Crippen molar-refractivity contribution < 1.29 is 22.4 Å². The second-order valence-corrected chi connectivity index (χ2v) is 5.12. The third kappa shape index (κ3) is 3.72. The van der Waals surface area contributed by atoms with Crippen molar-refractivity contribution in [1.29, 1.82) is 0 Å². The summed E-state index contributed by atoms with van der Waals surface area (Å²) in [5.41, 5.74) is -1.10. The molecule has 1 aliphatic heterocycles. The molecule has 1 fully saturated rings. The third-order valence-electron chi connectivity index (χ3n) is 3.53. The molecule has 2 rings (SSSR count). The molecule has 0 saturated carbocycles. The summed E-state index contributed by atoms with van der Waals surface area (Å²) < 4.78 is 51.2. The van der Waals surface area contributed by atoms with Crippen molar-refractivity contribution in [3.8, 4) is 0 Å². The molecule has 21 heavy (non-hydrogen) atoms. The number of carbonyl (C=O) groups is 1. The Balaban J connectivity index is 2.12. The summed E-state index contributed by atoms with van der Waals surface area (Å²) in [6.45, 7) is 2.32. The number of hydrogen-bond acceptors (Lipinski definition) is 2. The fourth-order valence-corrected chi connectivity index (χ4v) is 2.34. The first kappa shape index (κ1) is 15.8. The number of hydrogen-bond donors (Lipinski definition) is 2. The average molecular weight is 304 g/mol. The first-order valence-electron chi connectivity index (χ1n) is 6.69. The quantitative estimate of drug-likeness (QED) is 0.843. The predicted molar refractivity (Wildman–Crippen MR) is 69.0 cm³/mol. The van der Waals surface area contributed by atoms with Crippen LogP contribution in [0.25, 0.3) is 0 Å². The van der Waals surface area contributed by atoms with E-state index in [4.69, 9.17) is 0 Å². The van der Waals surface area contributed by atoms with Crippen LogP contribution < -0.4 is 10.6 Å². The topological polar surface area (TPSA) is 41.1 Å². The number of rotatable bonds is 3. The zero-order chi connectivity index (χ0) is 15.6. The van der Waals surface area contributed by atoms with Crippen LogP contribution in [0.4, 0.5) is 17.6 Å². The second kappa shape index (κ2) is 6.01. The van der Waals surface area contributed by atoms with Gasteiger partial charge in [-0.3, -0.25) is 4.79 Å². The van der Waals surface area contributed by atoms with Gasteiger partial charge in [-0.05, 0) is 44.0 Å². The van der Waals surface area contributed by atoms with Gasteiger partial charge in [0.15, 0.2) is 0 Å². The fourth-order valence-electron chi connectivity index (χ4n) is 2.34. The Morgan fingerprint density at radius 2 is 2.14 bits per heavy atom. The van der Waals surface area contributed by atoms with Gasteiger partial charge in [-0.1, -0.05) is 6.07 Å².